The molecule has 0 fully saturated rings. The summed E-state index contributed by atoms with van der Waals surface area (Å²) in [6.45, 7) is 0. The minimum atomic E-state index is -0.864. The summed E-state index contributed by atoms with van der Waals surface area (Å²) in [4.78, 5) is 50.3. The third kappa shape index (κ3) is 3.66. The van der Waals surface area contributed by atoms with Crippen molar-refractivity contribution in [3.8, 4) is 5.69 Å². The number of aromatic nitrogens is 2. The van der Waals surface area contributed by atoms with Crippen LogP contribution in [0.5, 0.6) is 0 Å². The zero-order valence-electron chi connectivity index (χ0n) is 13.7. The fourth-order valence-electron chi connectivity index (χ4n) is 2.38. The van der Waals surface area contributed by atoms with Gasteiger partial charge < -0.3 is 16.0 Å². The molecule has 0 bridgehead atoms. The Hall–Kier alpha value is -4.01. The molecule has 1 heterocycles. The van der Waals surface area contributed by atoms with E-state index in [0.29, 0.717) is 5.69 Å². The first-order chi connectivity index (χ1) is 12.9. The SMILES string of the molecule is NC(=O)c1ccc(NC(=O)c2c[nH]c(=O)n(-c3ccc(F)cc3)c2=O)cc1. The van der Waals surface area contributed by atoms with E-state index in [1.165, 1.54) is 36.4 Å². The molecule has 0 atom stereocenters. The molecular formula is C18H13FN4O4. The molecule has 0 saturated heterocycles. The zero-order chi connectivity index (χ0) is 19.6. The predicted molar refractivity (Wildman–Crippen MR) is 95.5 cm³/mol. The predicted octanol–water partition coefficient (Wildman–Crippen LogP) is 1.02. The molecule has 0 spiro atoms. The number of nitrogens with zero attached hydrogens (tertiary/aromatic N) is 1. The van der Waals surface area contributed by atoms with E-state index in [1.807, 2.05) is 0 Å². The molecule has 9 heteroatoms. The maximum Gasteiger partial charge on any atom is 0.333 e. The molecule has 1 aromatic heterocycles. The second-order valence-corrected chi connectivity index (χ2v) is 5.52. The Morgan fingerprint density at radius 2 is 1.63 bits per heavy atom. The fourth-order valence-corrected chi connectivity index (χ4v) is 2.38. The van der Waals surface area contributed by atoms with Gasteiger partial charge in [0.1, 0.15) is 11.4 Å². The first-order valence-corrected chi connectivity index (χ1v) is 7.69. The molecule has 0 aliphatic rings. The number of rotatable bonds is 4. The summed E-state index contributed by atoms with van der Waals surface area (Å²) in [5.74, 6) is -1.91. The van der Waals surface area contributed by atoms with Gasteiger partial charge in [-0.3, -0.25) is 14.4 Å². The van der Waals surface area contributed by atoms with Crippen LogP contribution < -0.4 is 22.3 Å². The normalized spacial score (nSPS) is 10.4. The van der Waals surface area contributed by atoms with Gasteiger partial charge in [0.2, 0.25) is 5.91 Å². The minimum absolute atomic E-state index is 0.114. The van der Waals surface area contributed by atoms with E-state index in [-0.39, 0.29) is 16.8 Å². The summed E-state index contributed by atoms with van der Waals surface area (Å²) in [5.41, 5.74) is 3.89. The Bertz CT molecular complexity index is 1130. The highest BCUT2D eigenvalue weighted by atomic mass is 19.1. The van der Waals surface area contributed by atoms with E-state index in [9.17, 15) is 23.6 Å². The van der Waals surface area contributed by atoms with Gasteiger partial charge in [-0.15, -0.1) is 0 Å². The molecule has 0 saturated carbocycles. The number of hydrogen-bond donors (Lipinski definition) is 3. The largest absolute Gasteiger partial charge is 0.366 e. The number of aromatic amines is 1. The zero-order valence-corrected chi connectivity index (χ0v) is 13.7. The lowest BCUT2D eigenvalue weighted by Gasteiger charge is -2.08. The average Bonchev–Trinajstić information content (AvgIpc) is 2.63. The Morgan fingerprint density at radius 1 is 1.00 bits per heavy atom. The van der Waals surface area contributed by atoms with E-state index < -0.39 is 28.9 Å². The molecule has 3 rings (SSSR count). The second-order valence-electron chi connectivity index (χ2n) is 5.52. The van der Waals surface area contributed by atoms with Gasteiger partial charge >= 0.3 is 5.69 Å². The highest BCUT2D eigenvalue weighted by Gasteiger charge is 2.16. The van der Waals surface area contributed by atoms with E-state index in [4.69, 9.17) is 5.73 Å². The van der Waals surface area contributed by atoms with E-state index in [1.54, 1.807) is 0 Å². The third-order valence-electron chi connectivity index (χ3n) is 3.73. The molecule has 2 aromatic carbocycles. The van der Waals surface area contributed by atoms with Crippen molar-refractivity contribution in [3.63, 3.8) is 0 Å². The number of hydrogen-bond acceptors (Lipinski definition) is 4. The van der Waals surface area contributed by atoms with Crippen LogP contribution in [0.15, 0.2) is 64.3 Å². The van der Waals surface area contributed by atoms with Crippen LogP contribution in [0.4, 0.5) is 10.1 Å². The molecule has 0 aliphatic heterocycles. The first-order valence-electron chi connectivity index (χ1n) is 7.69. The van der Waals surface area contributed by atoms with Gasteiger partial charge in [-0.25, -0.2) is 13.8 Å². The van der Waals surface area contributed by atoms with Crippen molar-refractivity contribution in [1.29, 1.82) is 0 Å². The molecular weight excluding hydrogens is 355 g/mol. The van der Waals surface area contributed by atoms with Crippen molar-refractivity contribution in [2.75, 3.05) is 5.32 Å². The van der Waals surface area contributed by atoms with Crippen molar-refractivity contribution in [1.82, 2.24) is 9.55 Å². The summed E-state index contributed by atoms with van der Waals surface area (Å²) in [5, 5.41) is 2.49. The average molecular weight is 368 g/mol. The van der Waals surface area contributed by atoms with Crippen LogP contribution in [-0.2, 0) is 0 Å². The highest BCUT2D eigenvalue weighted by Crippen LogP contribution is 2.10. The summed E-state index contributed by atoms with van der Waals surface area (Å²) < 4.78 is 13.8. The highest BCUT2D eigenvalue weighted by molar-refractivity contribution is 6.04. The summed E-state index contributed by atoms with van der Waals surface area (Å²) in [7, 11) is 0. The molecule has 0 aliphatic carbocycles. The number of nitrogens with one attached hydrogen (secondary N) is 2. The molecule has 8 nitrogen and oxygen atoms in total. The van der Waals surface area contributed by atoms with Gasteiger partial charge in [-0.1, -0.05) is 0 Å². The molecule has 4 N–H and O–H groups in total. The standard InChI is InChI=1S/C18H13FN4O4/c19-11-3-7-13(8-4-11)23-17(26)14(9-21-18(23)27)16(25)22-12-5-1-10(2-6-12)15(20)24/h1-9H,(H2,20,24)(H,21,27)(H,22,25). The van der Waals surface area contributed by atoms with Gasteiger partial charge in [-0.05, 0) is 48.5 Å². The molecule has 3 aromatic rings. The number of H-pyrrole nitrogens is 1. The minimum Gasteiger partial charge on any atom is -0.366 e. The Kier molecular flexibility index (Phi) is 4.67. The number of nitrogens with two attached hydrogens (primary N) is 1. The molecule has 0 radical (unpaired) electrons. The Labute approximate surface area is 151 Å². The summed E-state index contributed by atoms with van der Waals surface area (Å²) in [6.07, 6.45) is 0.998. The lowest BCUT2D eigenvalue weighted by Crippen LogP contribution is -2.38. The van der Waals surface area contributed by atoms with Gasteiger partial charge in [0, 0.05) is 17.4 Å². The summed E-state index contributed by atoms with van der Waals surface area (Å²) in [6, 6.07) is 10.4. The number of primary amides is 1. The number of carbonyl (C=O) groups excluding carboxylic acids is 2. The van der Waals surface area contributed by atoms with Gasteiger partial charge in [0.05, 0.1) is 5.69 Å². The molecule has 136 valence electrons. The maximum atomic E-state index is 13.1. The maximum absolute atomic E-state index is 13.1. The topological polar surface area (TPSA) is 127 Å². The Balaban J connectivity index is 1.95. The molecule has 2 amide bonds. The number of carbonyl (C=O) groups is 2. The monoisotopic (exact) mass is 368 g/mol. The lowest BCUT2D eigenvalue weighted by atomic mass is 10.2. The van der Waals surface area contributed by atoms with Crippen LogP contribution in [0.1, 0.15) is 20.7 Å². The van der Waals surface area contributed by atoms with Crippen LogP contribution >= 0.6 is 0 Å². The van der Waals surface area contributed by atoms with Crippen LogP contribution in [-0.4, -0.2) is 21.4 Å². The van der Waals surface area contributed by atoms with Gasteiger partial charge in [0.25, 0.3) is 11.5 Å². The number of amides is 2. The van der Waals surface area contributed by atoms with Crippen LogP contribution in [0, 0.1) is 5.82 Å². The van der Waals surface area contributed by atoms with Gasteiger partial charge in [0.15, 0.2) is 0 Å². The number of anilines is 1. The van der Waals surface area contributed by atoms with E-state index >= 15 is 0 Å². The van der Waals surface area contributed by atoms with Crippen molar-refractivity contribution < 1.29 is 14.0 Å². The smallest absolute Gasteiger partial charge is 0.333 e. The third-order valence-corrected chi connectivity index (χ3v) is 3.73. The summed E-state index contributed by atoms with van der Waals surface area (Å²) >= 11 is 0. The van der Waals surface area contributed by atoms with Crippen molar-refractivity contribution in [3.05, 3.63) is 92.5 Å². The fraction of sp³-hybridized carbons (Fsp3) is 0. The van der Waals surface area contributed by atoms with Crippen molar-refractivity contribution >= 4 is 17.5 Å². The van der Waals surface area contributed by atoms with Crippen LogP contribution in [0.25, 0.3) is 5.69 Å². The van der Waals surface area contributed by atoms with Crippen LogP contribution in [0.3, 0.4) is 0 Å². The second kappa shape index (κ2) is 7.08. The molecule has 0 unspecified atom stereocenters. The van der Waals surface area contributed by atoms with E-state index in [0.717, 1.165) is 22.9 Å². The number of halogens is 1. The first kappa shape index (κ1) is 17.8. The lowest BCUT2D eigenvalue weighted by molar-refractivity contribution is 0.0998. The van der Waals surface area contributed by atoms with Crippen LogP contribution in [0.2, 0.25) is 0 Å². The van der Waals surface area contributed by atoms with Gasteiger partial charge in [-0.2, -0.15) is 0 Å². The quantitative estimate of drug-likeness (QED) is 0.635. The number of benzene rings is 2. The molecule has 27 heavy (non-hydrogen) atoms. The van der Waals surface area contributed by atoms with E-state index in [2.05, 4.69) is 10.3 Å². The van der Waals surface area contributed by atoms with Crippen molar-refractivity contribution in [2.45, 2.75) is 0 Å². The van der Waals surface area contributed by atoms with Crippen molar-refractivity contribution in [2.24, 2.45) is 5.73 Å². The Morgan fingerprint density at radius 3 is 2.22 bits per heavy atom.